The molecule has 0 atom stereocenters. The molecule has 0 amide bonds. The third-order valence-electron chi connectivity index (χ3n) is 1.72. The van der Waals surface area contributed by atoms with Crippen LogP contribution in [0.4, 0.5) is 0 Å². The van der Waals surface area contributed by atoms with E-state index in [0.29, 0.717) is 9.11 Å². The summed E-state index contributed by atoms with van der Waals surface area (Å²) in [5.41, 5.74) is 1.05. The molecule has 3 nitrogen and oxygen atoms in total. The molecule has 0 fully saturated rings. The first-order chi connectivity index (χ1) is 7.15. The summed E-state index contributed by atoms with van der Waals surface area (Å²) in [6.45, 7) is 1.98. The first-order valence-electron chi connectivity index (χ1n) is 4.08. The summed E-state index contributed by atoms with van der Waals surface area (Å²) >= 11 is 7.99. The number of ether oxygens (including phenoxy) is 1. The molecule has 15 heavy (non-hydrogen) atoms. The van der Waals surface area contributed by atoms with Gasteiger partial charge in [0.1, 0.15) is 5.75 Å². The Morgan fingerprint density at radius 3 is 2.67 bits per heavy atom. The molecule has 0 spiro atoms. The molecule has 1 aromatic heterocycles. The zero-order valence-electron chi connectivity index (χ0n) is 7.70. The highest BCUT2D eigenvalue weighted by Crippen LogP contribution is 2.30. The van der Waals surface area contributed by atoms with Gasteiger partial charge in [-0.3, -0.25) is 0 Å². The molecule has 2 rings (SSSR count). The number of hydrogen-bond donors (Lipinski definition) is 0. The SMILES string of the molecule is Cc1cc(Br)ccc1Oc1nnc(Br)s1. The molecule has 0 bridgehead atoms. The highest BCUT2D eigenvalue weighted by Gasteiger charge is 2.06. The number of rotatable bonds is 2. The normalized spacial score (nSPS) is 10.3. The van der Waals surface area contributed by atoms with Crippen LogP contribution in [0.3, 0.4) is 0 Å². The molecule has 0 N–H and O–H groups in total. The number of aromatic nitrogens is 2. The molecule has 0 unspecified atom stereocenters. The molecule has 0 saturated heterocycles. The van der Waals surface area contributed by atoms with Gasteiger partial charge in [-0.05, 0) is 58.0 Å². The molecule has 0 aliphatic carbocycles. The summed E-state index contributed by atoms with van der Waals surface area (Å²) in [5.74, 6) is 0.793. The van der Waals surface area contributed by atoms with Crippen LogP contribution in [-0.4, -0.2) is 10.2 Å². The first kappa shape index (κ1) is 11.0. The molecule has 2 aromatic rings. The van der Waals surface area contributed by atoms with Gasteiger partial charge in [0, 0.05) is 4.47 Å². The van der Waals surface area contributed by atoms with E-state index in [9.17, 15) is 0 Å². The van der Waals surface area contributed by atoms with Crippen LogP contribution in [0.25, 0.3) is 0 Å². The lowest BCUT2D eigenvalue weighted by molar-refractivity contribution is 0.469. The Labute approximate surface area is 108 Å². The van der Waals surface area contributed by atoms with Crippen molar-refractivity contribution >= 4 is 43.2 Å². The van der Waals surface area contributed by atoms with E-state index in [1.807, 2.05) is 25.1 Å². The Hall–Kier alpha value is -0.460. The fraction of sp³-hybridized carbons (Fsp3) is 0.111. The van der Waals surface area contributed by atoms with Crippen molar-refractivity contribution in [1.29, 1.82) is 0 Å². The summed E-state index contributed by atoms with van der Waals surface area (Å²) in [4.78, 5) is 0. The van der Waals surface area contributed by atoms with Crippen molar-refractivity contribution in [2.24, 2.45) is 0 Å². The largest absolute Gasteiger partial charge is 0.430 e. The predicted octanol–water partition coefficient (Wildman–Crippen LogP) is 4.16. The van der Waals surface area contributed by atoms with Gasteiger partial charge in [0.2, 0.25) is 0 Å². The van der Waals surface area contributed by atoms with Crippen LogP contribution in [0.15, 0.2) is 26.6 Å². The molecular weight excluding hydrogens is 344 g/mol. The molecule has 0 aliphatic rings. The van der Waals surface area contributed by atoms with Crippen LogP contribution in [0, 0.1) is 6.92 Å². The van der Waals surface area contributed by atoms with Gasteiger partial charge in [-0.2, -0.15) is 0 Å². The van der Waals surface area contributed by atoms with Crippen LogP contribution in [-0.2, 0) is 0 Å². The Morgan fingerprint density at radius 1 is 1.27 bits per heavy atom. The Bertz CT molecular complexity index is 487. The minimum Gasteiger partial charge on any atom is -0.430 e. The average molecular weight is 350 g/mol. The van der Waals surface area contributed by atoms with E-state index in [0.717, 1.165) is 15.8 Å². The molecule has 6 heteroatoms. The standard InChI is InChI=1S/C9H6Br2N2OS/c1-5-4-6(10)2-3-7(5)14-9-13-12-8(11)15-9/h2-4H,1H3. The van der Waals surface area contributed by atoms with Gasteiger partial charge in [0.25, 0.3) is 5.19 Å². The van der Waals surface area contributed by atoms with Crippen molar-refractivity contribution < 1.29 is 4.74 Å². The van der Waals surface area contributed by atoms with Gasteiger partial charge in [-0.15, -0.1) is 5.10 Å². The van der Waals surface area contributed by atoms with Crippen LogP contribution in [0.1, 0.15) is 5.56 Å². The summed E-state index contributed by atoms with van der Waals surface area (Å²) in [7, 11) is 0. The van der Waals surface area contributed by atoms with Gasteiger partial charge >= 0.3 is 0 Å². The maximum Gasteiger partial charge on any atom is 0.300 e. The third kappa shape index (κ3) is 2.76. The van der Waals surface area contributed by atoms with Gasteiger partial charge in [-0.1, -0.05) is 21.0 Å². The summed E-state index contributed by atoms with van der Waals surface area (Å²) in [6, 6.07) is 5.82. The molecule has 1 heterocycles. The topological polar surface area (TPSA) is 35.0 Å². The fourth-order valence-electron chi connectivity index (χ4n) is 1.06. The van der Waals surface area contributed by atoms with Gasteiger partial charge < -0.3 is 4.74 Å². The van der Waals surface area contributed by atoms with Crippen molar-refractivity contribution in [2.75, 3.05) is 0 Å². The molecule has 0 saturated carbocycles. The smallest absolute Gasteiger partial charge is 0.300 e. The lowest BCUT2D eigenvalue weighted by Crippen LogP contribution is -1.86. The molecule has 0 radical (unpaired) electrons. The number of hydrogen-bond acceptors (Lipinski definition) is 4. The monoisotopic (exact) mass is 348 g/mol. The maximum absolute atomic E-state index is 5.58. The number of nitrogens with zero attached hydrogens (tertiary/aromatic N) is 2. The lowest BCUT2D eigenvalue weighted by atomic mass is 10.2. The zero-order chi connectivity index (χ0) is 10.8. The highest BCUT2D eigenvalue weighted by atomic mass is 79.9. The zero-order valence-corrected chi connectivity index (χ0v) is 11.7. The molecular formula is C9H6Br2N2OS. The Balaban J connectivity index is 2.24. The van der Waals surface area contributed by atoms with E-state index in [1.54, 1.807) is 0 Å². The van der Waals surface area contributed by atoms with Crippen molar-refractivity contribution in [3.63, 3.8) is 0 Å². The van der Waals surface area contributed by atoms with Gasteiger partial charge in [-0.25, -0.2) is 0 Å². The number of aryl methyl sites for hydroxylation is 1. The van der Waals surface area contributed by atoms with Crippen LogP contribution in [0.5, 0.6) is 10.9 Å². The third-order valence-corrected chi connectivity index (χ3v) is 3.44. The summed E-state index contributed by atoms with van der Waals surface area (Å²) < 4.78 is 7.33. The van der Waals surface area contributed by atoms with Gasteiger partial charge in [0.05, 0.1) is 0 Å². The molecule has 78 valence electrons. The van der Waals surface area contributed by atoms with Crippen molar-refractivity contribution in [3.05, 3.63) is 32.2 Å². The predicted molar refractivity (Wildman–Crippen MR) is 66.6 cm³/mol. The van der Waals surface area contributed by atoms with E-state index in [2.05, 4.69) is 42.1 Å². The molecule has 1 aromatic carbocycles. The second-order valence-corrected chi connectivity index (χ2v) is 5.96. The van der Waals surface area contributed by atoms with E-state index >= 15 is 0 Å². The quantitative estimate of drug-likeness (QED) is 0.816. The van der Waals surface area contributed by atoms with E-state index in [1.165, 1.54) is 11.3 Å². The van der Waals surface area contributed by atoms with Crippen molar-refractivity contribution in [1.82, 2.24) is 10.2 Å². The second-order valence-electron chi connectivity index (χ2n) is 2.83. The van der Waals surface area contributed by atoms with Crippen LogP contribution >= 0.6 is 43.2 Å². The van der Waals surface area contributed by atoms with E-state index in [4.69, 9.17) is 4.74 Å². The first-order valence-corrected chi connectivity index (χ1v) is 6.48. The second kappa shape index (κ2) is 4.59. The number of benzene rings is 1. The minimum absolute atomic E-state index is 0.535. The van der Waals surface area contributed by atoms with Gasteiger partial charge in [0.15, 0.2) is 3.92 Å². The van der Waals surface area contributed by atoms with E-state index in [-0.39, 0.29) is 0 Å². The van der Waals surface area contributed by atoms with E-state index < -0.39 is 0 Å². The maximum atomic E-state index is 5.58. The summed E-state index contributed by atoms with van der Waals surface area (Å²) in [6.07, 6.45) is 0. The lowest BCUT2D eigenvalue weighted by Gasteiger charge is -2.04. The van der Waals surface area contributed by atoms with Crippen molar-refractivity contribution in [2.45, 2.75) is 6.92 Å². The fourth-order valence-corrected chi connectivity index (χ4v) is 2.46. The average Bonchev–Trinajstić information content (AvgIpc) is 2.56. The van der Waals surface area contributed by atoms with Crippen molar-refractivity contribution in [3.8, 4) is 10.9 Å². The molecule has 0 aliphatic heterocycles. The summed E-state index contributed by atoms with van der Waals surface area (Å²) in [5, 5.41) is 8.21. The Kier molecular flexibility index (Phi) is 3.38. The number of halogens is 2. The highest BCUT2D eigenvalue weighted by molar-refractivity contribution is 9.11. The minimum atomic E-state index is 0.535. The van der Waals surface area contributed by atoms with Crippen LogP contribution < -0.4 is 4.74 Å². The van der Waals surface area contributed by atoms with Crippen LogP contribution in [0.2, 0.25) is 0 Å². The Morgan fingerprint density at radius 2 is 2.07 bits per heavy atom.